The zero-order valence-corrected chi connectivity index (χ0v) is 17.7. The fourth-order valence-electron chi connectivity index (χ4n) is 2.69. The molecule has 0 spiro atoms. The molecule has 2 N–H and O–H groups in total. The topological polar surface area (TPSA) is 74.6 Å². The van der Waals surface area contributed by atoms with Gasteiger partial charge in [-0.1, -0.05) is 121 Å². The number of hydrogen-bond acceptors (Lipinski definition) is 4. The Balaban J connectivity index is 0.000000195. The molecular weight excluding hydrogens is 400 g/mol. The van der Waals surface area contributed by atoms with Crippen molar-refractivity contribution in [3.05, 3.63) is 144 Å². The predicted molar refractivity (Wildman–Crippen MR) is 127 cm³/mol. The smallest absolute Gasteiger partial charge is 0.193 e. The van der Waals surface area contributed by atoms with Crippen LogP contribution in [0.3, 0.4) is 0 Å². The van der Waals surface area contributed by atoms with Gasteiger partial charge in [0.15, 0.2) is 11.6 Å². The van der Waals surface area contributed by atoms with Crippen molar-refractivity contribution in [1.82, 2.24) is 0 Å². The monoisotopic (exact) mass is 426 g/mol. The van der Waals surface area contributed by atoms with Crippen molar-refractivity contribution >= 4 is 11.6 Å². The molecule has 0 atom stereocenters. The van der Waals surface area contributed by atoms with Gasteiger partial charge in [0.1, 0.15) is 0 Å². The summed E-state index contributed by atoms with van der Waals surface area (Å²) < 4.78 is 0. The molecule has 0 saturated heterocycles. The second-order valence-electron chi connectivity index (χ2n) is 6.57. The van der Waals surface area contributed by atoms with Crippen LogP contribution in [0.1, 0.15) is 31.8 Å². The molecule has 4 nitrogen and oxygen atoms in total. The zero-order chi connectivity index (χ0) is 23.0. The van der Waals surface area contributed by atoms with Gasteiger partial charge in [0.2, 0.25) is 0 Å². The second-order valence-corrected chi connectivity index (χ2v) is 6.57. The Labute approximate surface area is 188 Å². The minimum atomic E-state index is -0.125. The molecule has 0 fully saturated rings. The number of benzene rings is 4. The van der Waals surface area contributed by atoms with Gasteiger partial charge in [-0.2, -0.15) is 0 Å². The summed E-state index contributed by atoms with van der Waals surface area (Å²) in [5, 5.41) is 15.2. The van der Waals surface area contributed by atoms with Crippen LogP contribution in [-0.2, 0) is 0 Å². The van der Waals surface area contributed by atoms with Crippen molar-refractivity contribution in [1.29, 1.82) is 0 Å². The fraction of sp³-hybridized carbons (Fsp3) is 0.0714. The first-order chi connectivity index (χ1) is 15.7. The summed E-state index contributed by atoms with van der Waals surface area (Å²) in [4.78, 5) is 23.7. The fourth-order valence-corrected chi connectivity index (χ4v) is 2.69. The first-order valence-corrected chi connectivity index (χ1v) is 10.2. The molecule has 4 aromatic carbocycles. The van der Waals surface area contributed by atoms with Crippen LogP contribution in [0.5, 0.6) is 0 Å². The molecule has 0 amide bonds. The number of rotatable bonds is 5. The quantitative estimate of drug-likeness (QED) is 0.449. The molecule has 0 heterocycles. The molecule has 4 heteroatoms. The maximum absolute atomic E-state index is 11.8. The lowest BCUT2D eigenvalue weighted by molar-refractivity contribution is 0.103. The van der Waals surface area contributed by atoms with E-state index in [2.05, 4.69) is 0 Å². The van der Waals surface area contributed by atoms with E-state index < -0.39 is 0 Å². The predicted octanol–water partition coefficient (Wildman–Crippen LogP) is 4.81. The Morgan fingerprint density at radius 2 is 0.594 bits per heavy atom. The van der Waals surface area contributed by atoms with Gasteiger partial charge in [0.05, 0.1) is 13.2 Å². The maximum atomic E-state index is 11.8. The van der Waals surface area contributed by atoms with Gasteiger partial charge < -0.3 is 10.2 Å². The number of carbonyl (C=O) groups excluding carboxylic acids is 2. The highest BCUT2D eigenvalue weighted by molar-refractivity contribution is 6.09. The number of ketones is 2. The van der Waals surface area contributed by atoms with Crippen molar-refractivity contribution < 1.29 is 19.8 Å². The van der Waals surface area contributed by atoms with E-state index in [0.29, 0.717) is 0 Å². The van der Waals surface area contributed by atoms with Crippen molar-refractivity contribution in [3.63, 3.8) is 0 Å². The molecule has 4 rings (SSSR count). The molecule has 0 aliphatic heterocycles. The minimum Gasteiger partial charge on any atom is -0.394 e. The van der Waals surface area contributed by atoms with Gasteiger partial charge in [0.25, 0.3) is 0 Å². The molecule has 0 saturated carbocycles. The van der Waals surface area contributed by atoms with Crippen molar-refractivity contribution in [2.75, 3.05) is 13.2 Å². The third-order valence-electron chi connectivity index (χ3n) is 4.24. The highest BCUT2D eigenvalue weighted by Crippen LogP contribution is 2.09. The molecule has 0 aromatic heterocycles. The van der Waals surface area contributed by atoms with Crippen LogP contribution in [0.2, 0.25) is 0 Å². The molecule has 32 heavy (non-hydrogen) atoms. The van der Waals surface area contributed by atoms with Gasteiger partial charge in [-0.25, -0.2) is 0 Å². The van der Waals surface area contributed by atoms with Crippen LogP contribution in [0.15, 0.2) is 121 Å². The average molecular weight is 427 g/mol. The summed E-state index contributed by atoms with van der Waals surface area (Å²) in [6, 6.07) is 37.2. The number of carbonyl (C=O) groups is 2. The summed E-state index contributed by atoms with van der Waals surface area (Å²) in [6.45, 7) is -0.250. The first kappa shape index (κ1) is 24.4. The summed E-state index contributed by atoms with van der Waals surface area (Å²) in [5.41, 5.74) is 2.94. The lowest BCUT2D eigenvalue weighted by Gasteiger charge is -1.99. The van der Waals surface area contributed by atoms with Gasteiger partial charge in [-0.3, -0.25) is 9.59 Å². The third-order valence-corrected chi connectivity index (χ3v) is 4.24. The van der Waals surface area contributed by atoms with Gasteiger partial charge in [0, 0.05) is 22.3 Å². The van der Waals surface area contributed by atoms with Crippen molar-refractivity contribution in [2.45, 2.75) is 0 Å². The van der Waals surface area contributed by atoms with Gasteiger partial charge in [-0.05, 0) is 0 Å². The maximum Gasteiger partial charge on any atom is 0.193 e. The first-order valence-electron chi connectivity index (χ1n) is 10.2. The molecule has 0 aliphatic carbocycles. The second kappa shape index (κ2) is 14.2. The molecule has 162 valence electrons. The summed E-state index contributed by atoms with van der Waals surface area (Å²) in [6.07, 6.45) is 0. The molecule has 0 unspecified atom stereocenters. The van der Waals surface area contributed by atoms with Gasteiger partial charge in [-0.15, -0.1) is 0 Å². The Morgan fingerprint density at radius 1 is 0.406 bits per heavy atom. The Kier molecular flexibility index (Phi) is 10.8. The lowest BCUT2D eigenvalue weighted by atomic mass is 10.0. The van der Waals surface area contributed by atoms with E-state index in [1.807, 2.05) is 121 Å². The minimum absolute atomic E-state index is 0.0752. The van der Waals surface area contributed by atoms with Crippen molar-refractivity contribution in [3.8, 4) is 0 Å². The average Bonchev–Trinajstić information content (AvgIpc) is 2.90. The Morgan fingerprint density at radius 3 is 0.750 bits per heavy atom. The van der Waals surface area contributed by atoms with Gasteiger partial charge >= 0.3 is 0 Å². The van der Waals surface area contributed by atoms with E-state index in [9.17, 15) is 9.59 Å². The molecule has 0 radical (unpaired) electrons. The van der Waals surface area contributed by atoms with E-state index in [1.54, 1.807) is 0 Å². The Bertz CT molecular complexity index is 876. The standard InChI is InChI=1S/2C13H10O.C2H6O2/c2*14-13(11-7-3-1-4-8-11)12-9-5-2-6-10-12;3-1-2-4/h2*1-10H;3-4H,1-2H2. The SMILES string of the molecule is O=C(c1ccccc1)c1ccccc1.O=C(c1ccccc1)c1ccccc1.OCCO. The zero-order valence-electron chi connectivity index (χ0n) is 17.7. The van der Waals surface area contributed by atoms with Crippen LogP contribution in [0.25, 0.3) is 0 Å². The van der Waals surface area contributed by atoms with Crippen LogP contribution >= 0.6 is 0 Å². The third kappa shape index (κ3) is 8.11. The number of hydrogen-bond donors (Lipinski definition) is 2. The van der Waals surface area contributed by atoms with E-state index in [-0.39, 0.29) is 24.8 Å². The normalized spacial score (nSPS) is 9.44. The summed E-state index contributed by atoms with van der Waals surface area (Å²) in [7, 11) is 0. The Hall–Kier alpha value is -3.86. The van der Waals surface area contributed by atoms with E-state index in [0.717, 1.165) is 22.3 Å². The highest BCUT2D eigenvalue weighted by atomic mass is 16.3. The van der Waals surface area contributed by atoms with Crippen LogP contribution in [0, 0.1) is 0 Å². The molecule has 0 aliphatic rings. The number of aliphatic hydroxyl groups is 2. The summed E-state index contributed by atoms with van der Waals surface area (Å²) in [5.74, 6) is 0.150. The number of aliphatic hydroxyl groups excluding tert-OH is 2. The van der Waals surface area contributed by atoms with Crippen LogP contribution in [0.4, 0.5) is 0 Å². The largest absolute Gasteiger partial charge is 0.394 e. The van der Waals surface area contributed by atoms with Crippen LogP contribution in [-0.4, -0.2) is 35.0 Å². The lowest BCUT2D eigenvalue weighted by Crippen LogP contribution is -1.99. The molecule has 0 bridgehead atoms. The summed E-state index contributed by atoms with van der Waals surface area (Å²) >= 11 is 0. The molecular formula is C28H26O4. The van der Waals surface area contributed by atoms with E-state index in [4.69, 9.17) is 10.2 Å². The van der Waals surface area contributed by atoms with Crippen LogP contribution < -0.4 is 0 Å². The van der Waals surface area contributed by atoms with E-state index in [1.165, 1.54) is 0 Å². The molecule has 4 aromatic rings. The highest BCUT2D eigenvalue weighted by Gasteiger charge is 2.07. The van der Waals surface area contributed by atoms with Crippen molar-refractivity contribution in [2.24, 2.45) is 0 Å². The van der Waals surface area contributed by atoms with E-state index >= 15 is 0 Å².